The number of carbonyl (C=O) groups excluding carboxylic acids is 1. The Hall–Kier alpha value is -2.05. The third kappa shape index (κ3) is 5.71. The van der Waals surface area contributed by atoms with Crippen LogP contribution in [-0.2, 0) is 14.8 Å². The lowest BCUT2D eigenvalue weighted by Gasteiger charge is -2.25. The van der Waals surface area contributed by atoms with Crippen LogP contribution in [0.25, 0.3) is 0 Å². The Morgan fingerprint density at radius 1 is 1.11 bits per heavy atom. The fraction of sp³-hybridized carbons (Fsp3) is 0.350. The quantitative estimate of drug-likeness (QED) is 0.634. The van der Waals surface area contributed by atoms with Crippen LogP contribution in [0.3, 0.4) is 0 Å². The number of carbonyl (C=O) groups is 1. The Morgan fingerprint density at radius 2 is 1.81 bits per heavy atom. The molecule has 2 aromatic carbocycles. The minimum Gasteiger partial charge on any atom is -0.355 e. The van der Waals surface area contributed by atoms with Crippen molar-refractivity contribution in [3.63, 3.8) is 0 Å². The normalized spacial score (nSPS) is 11.2. The van der Waals surface area contributed by atoms with Crippen molar-refractivity contribution < 1.29 is 13.2 Å². The number of amides is 1. The molecule has 0 bridgehead atoms. The molecule has 1 amide bonds. The van der Waals surface area contributed by atoms with Crippen LogP contribution in [0.1, 0.15) is 31.7 Å². The molecule has 0 heterocycles. The smallest absolute Gasteiger partial charge is 0.264 e. The predicted octanol–water partition coefficient (Wildman–Crippen LogP) is 4.15. The second kappa shape index (κ2) is 9.76. The molecule has 7 heteroatoms. The summed E-state index contributed by atoms with van der Waals surface area (Å²) in [6.45, 7) is 4.10. The van der Waals surface area contributed by atoms with Crippen LogP contribution in [0, 0.1) is 6.92 Å². The average Bonchev–Trinajstić information content (AvgIpc) is 2.64. The van der Waals surface area contributed by atoms with Gasteiger partial charge in [0.1, 0.15) is 6.54 Å². The van der Waals surface area contributed by atoms with Crippen molar-refractivity contribution in [1.29, 1.82) is 0 Å². The molecule has 0 fully saturated rings. The van der Waals surface area contributed by atoms with Gasteiger partial charge < -0.3 is 5.32 Å². The Morgan fingerprint density at radius 3 is 2.44 bits per heavy atom. The predicted molar refractivity (Wildman–Crippen MR) is 110 cm³/mol. The van der Waals surface area contributed by atoms with Crippen molar-refractivity contribution in [2.24, 2.45) is 0 Å². The summed E-state index contributed by atoms with van der Waals surface area (Å²) in [7, 11) is -3.89. The first kappa shape index (κ1) is 21.3. The fourth-order valence-corrected chi connectivity index (χ4v) is 4.44. The average molecular weight is 409 g/mol. The SMILES string of the molecule is CCCCCNC(=O)CN(c1ccc(Cl)cc1C)S(=O)(=O)c1ccccc1. The standard InChI is InChI=1S/C20H25ClN2O3S/c1-3-4-8-13-22-20(24)15-23(19-12-11-17(21)14-16(19)2)27(25,26)18-9-6-5-7-10-18/h5-7,9-12,14H,3-4,8,13,15H2,1-2H3,(H,22,24). The molecule has 0 saturated heterocycles. The van der Waals surface area contributed by atoms with Crippen LogP contribution >= 0.6 is 11.6 Å². The Labute approximate surface area is 166 Å². The van der Waals surface area contributed by atoms with Crippen LogP contribution in [0.4, 0.5) is 5.69 Å². The number of hydrogen-bond acceptors (Lipinski definition) is 3. The lowest BCUT2D eigenvalue weighted by atomic mass is 10.2. The number of nitrogens with one attached hydrogen (secondary N) is 1. The zero-order valence-electron chi connectivity index (χ0n) is 15.6. The van der Waals surface area contributed by atoms with E-state index in [1.165, 1.54) is 12.1 Å². The van der Waals surface area contributed by atoms with Gasteiger partial charge in [-0.3, -0.25) is 9.10 Å². The number of hydrogen-bond donors (Lipinski definition) is 1. The number of halogens is 1. The van der Waals surface area contributed by atoms with E-state index in [0.717, 1.165) is 23.6 Å². The molecule has 0 atom stereocenters. The van der Waals surface area contributed by atoms with E-state index in [0.29, 0.717) is 22.8 Å². The van der Waals surface area contributed by atoms with Crippen LogP contribution in [-0.4, -0.2) is 27.4 Å². The van der Waals surface area contributed by atoms with E-state index >= 15 is 0 Å². The zero-order chi connectivity index (χ0) is 19.9. The lowest BCUT2D eigenvalue weighted by molar-refractivity contribution is -0.119. The van der Waals surface area contributed by atoms with Gasteiger partial charge in [-0.2, -0.15) is 0 Å². The monoisotopic (exact) mass is 408 g/mol. The molecule has 0 spiro atoms. The fourth-order valence-electron chi connectivity index (χ4n) is 2.71. The molecule has 2 aromatic rings. The first-order valence-corrected chi connectivity index (χ1v) is 10.8. The minimum absolute atomic E-state index is 0.137. The van der Waals surface area contributed by atoms with Crippen LogP contribution in [0.15, 0.2) is 53.4 Å². The second-order valence-electron chi connectivity index (χ2n) is 6.31. The van der Waals surface area contributed by atoms with Crippen molar-refractivity contribution in [3.05, 3.63) is 59.1 Å². The second-order valence-corrected chi connectivity index (χ2v) is 8.61. The van der Waals surface area contributed by atoms with Crippen molar-refractivity contribution in [2.45, 2.75) is 38.0 Å². The zero-order valence-corrected chi connectivity index (χ0v) is 17.2. The summed E-state index contributed by atoms with van der Waals surface area (Å²) in [5.74, 6) is -0.333. The summed E-state index contributed by atoms with van der Waals surface area (Å²) in [6.07, 6.45) is 2.94. The molecule has 0 saturated carbocycles. The van der Waals surface area contributed by atoms with Gasteiger partial charge in [0.05, 0.1) is 10.6 Å². The van der Waals surface area contributed by atoms with Gasteiger partial charge in [-0.05, 0) is 49.2 Å². The molecule has 0 aliphatic heterocycles. The van der Waals surface area contributed by atoms with Crippen LogP contribution in [0.5, 0.6) is 0 Å². The maximum Gasteiger partial charge on any atom is 0.264 e. The molecule has 0 aromatic heterocycles. The summed E-state index contributed by atoms with van der Waals surface area (Å²) >= 11 is 6.01. The first-order valence-electron chi connectivity index (χ1n) is 8.97. The van der Waals surface area contributed by atoms with Gasteiger partial charge >= 0.3 is 0 Å². The highest BCUT2D eigenvalue weighted by atomic mass is 35.5. The summed E-state index contributed by atoms with van der Waals surface area (Å²) in [6, 6.07) is 13.0. The maximum absolute atomic E-state index is 13.2. The highest BCUT2D eigenvalue weighted by Gasteiger charge is 2.28. The van der Waals surface area contributed by atoms with Crippen molar-refractivity contribution in [1.82, 2.24) is 5.32 Å². The van der Waals surface area contributed by atoms with E-state index in [9.17, 15) is 13.2 Å². The van der Waals surface area contributed by atoms with Gasteiger partial charge in [-0.15, -0.1) is 0 Å². The van der Waals surface area contributed by atoms with Gasteiger partial charge in [0, 0.05) is 11.6 Å². The van der Waals surface area contributed by atoms with Crippen molar-refractivity contribution >= 4 is 33.2 Å². The van der Waals surface area contributed by atoms with Gasteiger partial charge in [0.15, 0.2) is 0 Å². The van der Waals surface area contributed by atoms with E-state index in [1.54, 1.807) is 43.3 Å². The number of aryl methyl sites for hydroxylation is 1. The molecular formula is C20H25ClN2O3S. The van der Waals surface area contributed by atoms with Gasteiger partial charge in [-0.1, -0.05) is 49.6 Å². The summed E-state index contributed by atoms with van der Waals surface area (Å²) in [5, 5.41) is 3.31. The first-order chi connectivity index (χ1) is 12.9. The molecule has 1 N–H and O–H groups in total. The Balaban J connectivity index is 2.33. The Bertz CT molecular complexity index is 870. The highest BCUT2D eigenvalue weighted by molar-refractivity contribution is 7.92. The third-order valence-electron chi connectivity index (χ3n) is 4.15. The molecule has 0 aliphatic rings. The highest BCUT2D eigenvalue weighted by Crippen LogP contribution is 2.28. The molecular weight excluding hydrogens is 384 g/mol. The molecule has 2 rings (SSSR count). The topological polar surface area (TPSA) is 66.5 Å². The van der Waals surface area contributed by atoms with E-state index in [4.69, 9.17) is 11.6 Å². The lowest BCUT2D eigenvalue weighted by Crippen LogP contribution is -2.41. The van der Waals surface area contributed by atoms with Gasteiger partial charge in [-0.25, -0.2) is 8.42 Å². The van der Waals surface area contributed by atoms with Crippen molar-refractivity contribution in [3.8, 4) is 0 Å². The third-order valence-corrected chi connectivity index (χ3v) is 6.16. The van der Waals surface area contributed by atoms with Crippen LogP contribution < -0.4 is 9.62 Å². The number of benzene rings is 2. The maximum atomic E-state index is 13.2. The molecule has 27 heavy (non-hydrogen) atoms. The van der Waals surface area contributed by atoms with E-state index in [2.05, 4.69) is 12.2 Å². The number of unbranched alkanes of at least 4 members (excludes halogenated alkanes) is 2. The van der Waals surface area contributed by atoms with Gasteiger partial charge in [0.2, 0.25) is 5.91 Å². The molecule has 146 valence electrons. The van der Waals surface area contributed by atoms with E-state index in [1.807, 2.05) is 0 Å². The number of rotatable bonds is 9. The van der Waals surface area contributed by atoms with Gasteiger partial charge in [0.25, 0.3) is 10.0 Å². The molecule has 0 unspecified atom stereocenters. The number of nitrogens with zero attached hydrogens (tertiary/aromatic N) is 1. The van der Waals surface area contributed by atoms with E-state index < -0.39 is 10.0 Å². The number of sulfonamides is 1. The number of anilines is 1. The Kier molecular flexibility index (Phi) is 7.68. The molecule has 0 radical (unpaired) electrons. The summed E-state index contributed by atoms with van der Waals surface area (Å²) in [5.41, 5.74) is 1.12. The summed E-state index contributed by atoms with van der Waals surface area (Å²) in [4.78, 5) is 12.5. The largest absolute Gasteiger partial charge is 0.355 e. The summed E-state index contributed by atoms with van der Waals surface area (Å²) < 4.78 is 27.5. The minimum atomic E-state index is -3.89. The van der Waals surface area contributed by atoms with E-state index in [-0.39, 0.29) is 17.3 Å². The van der Waals surface area contributed by atoms with Crippen molar-refractivity contribution in [2.75, 3.05) is 17.4 Å². The molecule has 0 aliphatic carbocycles. The van der Waals surface area contributed by atoms with Crippen LogP contribution in [0.2, 0.25) is 5.02 Å². The molecule has 5 nitrogen and oxygen atoms in total.